The van der Waals surface area contributed by atoms with Gasteiger partial charge in [0.25, 0.3) is 0 Å². The first-order valence-electron chi connectivity index (χ1n) is 9.85. The van der Waals surface area contributed by atoms with E-state index in [9.17, 15) is 9.59 Å². The van der Waals surface area contributed by atoms with Gasteiger partial charge in [0, 0.05) is 37.1 Å². The minimum absolute atomic E-state index is 0.149. The molecule has 0 saturated carbocycles. The summed E-state index contributed by atoms with van der Waals surface area (Å²) in [6.45, 7) is 1.25. The summed E-state index contributed by atoms with van der Waals surface area (Å²) in [4.78, 5) is 26.5. The van der Waals surface area contributed by atoms with Crippen molar-refractivity contribution in [1.29, 1.82) is 0 Å². The first-order chi connectivity index (χ1) is 14.4. The maximum atomic E-state index is 13.2. The zero-order chi connectivity index (χ0) is 21.3. The highest BCUT2D eigenvalue weighted by atomic mass is 35.5. The van der Waals surface area contributed by atoms with Gasteiger partial charge in [-0.2, -0.15) is 0 Å². The lowest BCUT2D eigenvalue weighted by molar-refractivity contribution is -0.154. The van der Waals surface area contributed by atoms with Crippen molar-refractivity contribution in [2.45, 2.75) is 30.8 Å². The van der Waals surface area contributed by atoms with Gasteiger partial charge < -0.3 is 20.1 Å². The molecule has 2 aliphatic heterocycles. The van der Waals surface area contributed by atoms with Crippen LogP contribution >= 0.6 is 23.2 Å². The Morgan fingerprint density at radius 1 is 1.10 bits per heavy atom. The SMILES string of the molecule is NC(=O)N1CCC(OC(=O)C2CCOc3cc(Cl)c(Cl)cc32)C(c2ccccc2)C1. The van der Waals surface area contributed by atoms with E-state index in [-0.39, 0.29) is 18.0 Å². The number of nitrogens with two attached hydrogens (primary N) is 1. The maximum absolute atomic E-state index is 13.2. The molecular formula is C22H22Cl2N2O4. The molecule has 6 nitrogen and oxygen atoms in total. The van der Waals surface area contributed by atoms with Gasteiger partial charge in [0.2, 0.25) is 0 Å². The average molecular weight is 449 g/mol. The van der Waals surface area contributed by atoms with Crippen LogP contribution in [0.4, 0.5) is 4.79 Å². The quantitative estimate of drug-likeness (QED) is 0.707. The highest BCUT2D eigenvalue weighted by Crippen LogP contribution is 2.40. The van der Waals surface area contributed by atoms with Crippen molar-refractivity contribution in [3.8, 4) is 5.75 Å². The molecule has 1 saturated heterocycles. The Labute approximate surface area is 184 Å². The van der Waals surface area contributed by atoms with Crippen molar-refractivity contribution in [2.75, 3.05) is 19.7 Å². The molecule has 2 N–H and O–H groups in total. The van der Waals surface area contributed by atoms with Gasteiger partial charge in [-0.1, -0.05) is 53.5 Å². The van der Waals surface area contributed by atoms with Crippen molar-refractivity contribution in [3.05, 3.63) is 63.6 Å². The summed E-state index contributed by atoms with van der Waals surface area (Å²) in [6, 6.07) is 12.6. The zero-order valence-electron chi connectivity index (χ0n) is 16.2. The van der Waals surface area contributed by atoms with E-state index in [1.165, 1.54) is 0 Å². The molecule has 2 aliphatic rings. The van der Waals surface area contributed by atoms with Crippen molar-refractivity contribution >= 4 is 35.2 Å². The molecule has 8 heteroatoms. The Kier molecular flexibility index (Phi) is 6.06. The number of carbonyl (C=O) groups is 2. The molecule has 0 aliphatic carbocycles. The fraction of sp³-hybridized carbons (Fsp3) is 0.364. The van der Waals surface area contributed by atoms with Crippen molar-refractivity contribution in [3.63, 3.8) is 0 Å². The van der Waals surface area contributed by atoms with Crippen LogP contribution in [0.5, 0.6) is 5.75 Å². The molecule has 4 rings (SSSR count). The van der Waals surface area contributed by atoms with Gasteiger partial charge in [-0.25, -0.2) is 4.79 Å². The van der Waals surface area contributed by atoms with Crippen LogP contribution in [0.3, 0.4) is 0 Å². The summed E-state index contributed by atoms with van der Waals surface area (Å²) < 4.78 is 11.7. The van der Waals surface area contributed by atoms with E-state index in [0.717, 1.165) is 5.56 Å². The molecule has 3 atom stereocenters. The third kappa shape index (κ3) is 4.20. The standard InChI is InChI=1S/C22H22Cl2N2O4/c23-17-10-15-14(7-9-29-20(15)11-18(17)24)21(27)30-19-6-8-26(22(25)28)12-16(19)13-4-2-1-3-5-13/h1-5,10-11,14,16,19H,6-9,12H2,(H2,25,28). The summed E-state index contributed by atoms with van der Waals surface area (Å²) >= 11 is 12.3. The van der Waals surface area contributed by atoms with Crippen LogP contribution in [0, 0.1) is 0 Å². The number of carbonyl (C=O) groups excluding carboxylic acids is 2. The third-order valence-corrected chi connectivity index (χ3v) is 6.46. The van der Waals surface area contributed by atoms with Crippen LogP contribution < -0.4 is 10.5 Å². The number of urea groups is 1. The number of ether oxygens (including phenoxy) is 2. The molecule has 0 radical (unpaired) electrons. The lowest BCUT2D eigenvalue weighted by Gasteiger charge is -2.38. The van der Waals surface area contributed by atoms with Gasteiger partial charge in [0.15, 0.2) is 0 Å². The molecule has 0 bridgehead atoms. The number of hydrogen-bond donors (Lipinski definition) is 1. The Hall–Kier alpha value is -2.44. The topological polar surface area (TPSA) is 81.9 Å². The van der Waals surface area contributed by atoms with Gasteiger partial charge in [-0.3, -0.25) is 4.79 Å². The predicted molar refractivity (Wildman–Crippen MR) is 114 cm³/mol. The Balaban J connectivity index is 1.56. The number of nitrogens with zero attached hydrogens (tertiary/aromatic N) is 1. The highest BCUT2D eigenvalue weighted by Gasteiger charge is 2.37. The minimum Gasteiger partial charge on any atom is -0.493 e. The molecule has 2 aromatic carbocycles. The van der Waals surface area contributed by atoms with Gasteiger partial charge in [-0.15, -0.1) is 0 Å². The molecular weight excluding hydrogens is 427 g/mol. The second-order valence-electron chi connectivity index (χ2n) is 7.56. The number of halogens is 2. The fourth-order valence-electron chi connectivity index (χ4n) is 4.15. The van der Waals surface area contributed by atoms with Crippen LogP contribution in [-0.4, -0.2) is 42.7 Å². The van der Waals surface area contributed by atoms with Gasteiger partial charge >= 0.3 is 12.0 Å². The number of benzene rings is 2. The van der Waals surface area contributed by atoms with E-state index >= 15 is 0 Å². The number of amides is 2. The van der Waals surface area contributed by atoms with Gasteiger partial charge in [-0.05, 0) is 18.1 Å². The van der Waals surface area contributed by atoms with Crippen molar-refractivity contribution in [1.82, 2.24) is 4.90 Å². The number of esters is 1. The Morgan fingerprint density at radius 2 is 1.83 bits per heavy atom. The first kappa shape index (κ1) is 20.8. The summed E-state index contributed by atoms with van der Waals surface area (Å²) in [6.07, 6.45) is 0.663. The van der Waals surface area contributed by atoms with E-state index in [1.807, 2.05) is 30.3 Å². The lowest BCUT2D eigenvalue weighted by Crippen LogP contribution is -2.48. The molecule has 3 unspecified atom stereocenters. The lowest BCUT2D eigenvalue weighted by atomic mass is 9.87. The molecule has 30 heavy (non-hydrogen) atoms. The molecule has 2 heterocycles. The van der Waals surface area contributed by atoms with E-state index in [0.29, 0.717) is 53.9 Å². The summed E-state index contributed by atoms with van der Waals surface area (Å²) in [5.41, 5.74) is 7.18. The molecule has 2 amide bonds. The number of piperidine rings is 1. The van der Waals surface area contributed by atoms with Crippen LogP contribution in [0.2, 0.25) is 10.0 Å². The number of rotatable bonds is 3. The fourth-order valence-corrected chi connectivity index (χ4v) is 4.48. The van der Waals surface area contributed by atoms with E-state index < -0.39 is 11.9 Å². The number of fused-ring (bicyclic) bond motifs is 1. The van der Waals surface area contributed by atoms with Crippen LogP contribution in [0.1, 0.15) is 35.8 Å². The Bertz CT molecular complexity index is 954. The van der Waals surface area contributed by atoms with E-state index in [2.05, 4.69) is 0 Å². The summed E-state index contributed by atoms with van der Waals surface area (Å²) in [5, 5.41) is 0.753. The smallest absolute Gasteiger partial charge is 0.314 e. The molecule has 158 valence electrons. The highest BCUT2D eigenvalue weighted by molar-refractivity contribution is 6.42. The van der Waals surface area contributed by atoms with Crippen molar-refractivity contribution in [2.24, 2.45) is 5.73 Å². The molecule has 1 fully saturated rings. The van der Waals surface area contributed by atoms with Gasteiger partial charge in [0.1, 0.15) is 11.9 Å². The second kappa shape index (κ2) is 8.74. The normalized spacial score (nSPS) is 23.3. The minimum atomic E-state index is -0.478. The first-order valence-corrected chi connectivity index (χ1v) is 10.6. The van der Waals surface area contributed by atoms with Crippen molar-refractivity contribution < 1.29 is 19.1 Å². The van der Waals surface area contributed by atoms with Crippen LogP contribution in [0.25, 0.3) is 0 Å². The average Bonchev–Trinajstić information content (AvgIpc) is 2.75. The second-order valence-corrected chi connectivity index (χ2v) is 8.37. The van der Waals surface area contributed by atoms with Crippen LogP contribution in [-0.2, 0) is 9.53 Å². The largest absolute Gasteiger partial charge is 0.493 e. The molecule has 0 spiro atoms. The number of primary amides is 1. The molecule has 2 aromatic rings. The third-order valence-electron chi connectivity index (χ3n) is 5.73. The monoisotopic (exact) mass is 448 g/mol. The van der Waals surface area contributed by atoms with E-state index in [1.54, 1.807) is 17.0 Å². The predicted octanol–water partition coefficient (Wildman–Crippen LogP) is 4.34. The van der Waals surface area contributed by atoms with Gasteiger partial charge in [0.05, 0.1) is 22.6 Å². The number of hydrogen-bond acceptors (Lipinski definition) is 4. The van der Waals surface area contributed by atoms with E-state index in [4.69, 9.17) is 38.4 Å². The zero-order valence-corrected chi connectivity index (χ0v) is 17.7. The van der Waals surface area contributed by atoms with Crippen LogP contribution in [0.15, 0.2) is 42.5 Å². The number of likely N-dealkylation sites (tertiary alicyclic amines) is 1. The summed E-state index contributed by atoms with van der Waals surface area (Å²) in [5.74, 6) is -0.393. The molecule has 0 aromatic heterocycles. The maximum Gasteiger partial charge on any atom is 0.314 e. The Morgan fingerprint density at radius 3 is 2.57 bits per heavy atom. The summed E-state index contributed by atoms with van der Waals surface area (Å²) in [7, 11) is 0.